The maximum atomic E-state index is 14.7. The monoisotopic (exact) mass is 482 g/mol. The Kier molecular flexibility index (Phi) is 9.68. The number of allylic oxidation sites excluding steroid dienone is 2. The molecule has 0 atom stereocenters. The quantitative estimate of drug-likeness (QED) is 0.242. The van der Waals surface area contributed by atoms with E-state index in [0.717, 1.165) is 30.8 Å². The molecule has 0 saturated carbocycles. The Morgan fingerprint density at radius 1 is 1.23 bits per heavy atom. The minimum Gasteiger partial charge on any atom is -0.485 e. The van der Waals surface area contributed by atoms with Crippen molar-refractivity contribution in [2.75, 3.05) is 31.8 Å². The second-order valence-electron chi connectivity index (χ2n) is 7.71. The molecular formula is C26H28F2N4O3. The van der Waals surface area contributed by atoms with Gasteiger partial charge in [-0.3, -0.25) is 10.2 Å². The molecule has 0 bridgehead atoms. The van der Waals surface area contributed by atoms with Gasteiger partial charge >= 0.3 is 0 Å². The largest absolute Gasteiger partial charge is 0.485 e. The first-order valence-electron chi connectivity index (χ1n) is 11.2. The molecule has 35 heavy (non-hydrogen) atoms. The standard InChI is InChI=1S/C26H28F2N4O3/c27-11-15-35-24(26(33)25(30)23(8-12-29)32-20-4-2-1-3-5-20)17-31-22-7-6-19(16-21(22)28)18-9-13-34-14-10-18/h1-8,12,16-18,30-31H,9-11,13-15,29H2/b12-8?,24-17+,30-25?,32-23?. The topological polar surface area (TPSA) is 110 Å². The van der Waals surface area contributed by atoms with Gasteiger partial charge in [-0.25, -0.2) is 13.8 Å². The van der Waals surface area contributed by atoms with Crippen LogP contribution in [0.2, 0.25) is 0 Å². The van der Waals surface area contributed by atoms with Crippen LogP contribution >= 0.6 is 0 Å². The number of para-hydroxylation sites is 1. The van der Waals surface area contributed by atoms with E-state index in [4.69, 9.17) is 20.6 Å². The zero-order chi connectivity index (χ0) is 25.0. The number of ketones is 1. The molecule has 9 heteroatoms. The Morgan fingerprint density at radius 2 is 1.97 bits per heavy atom. The summed E-state index contributed by atoms with van der Waals surface area (Å²) in [6.07, 6.45) is 5.23. The van der Waals surface area contributed by atoms with Gasteiger partial charge in [0.25, 0.3) is 0 Å². The van der Waals surface area contributed by atoms with Gasteiger partial charge in [0, 0.05) is 19.4 Å². The third kappa shape index (κ3) is 7.31. The number of anilines is 1. The lowest BCUT2D eigenvalue weighted by Gasteiger charge is -2.22. The highest BCUT2D eigenvalue weighted by Crippen LogP contribution is 2.29. The van der Waals surface area contributed by atoms with Crippen LogP contribution < -0.4 is 11.1 Å². The van der Waals surface area contributed by atoms with Gasteiger partial charge in [0.05, 0.1) is 17.1 Å². The molecule has 0 unspecified atom stereocenters. The predicted octanol–water partition coefficient (Wildman–Crippen LogP) is 4.79. The molecule has 7 nitrogen and oxygen atoms in total. The normalized spacial score (nSPS) is 15.3. The van der Waals surface area contributed by atoms with Crippen molar-refractivity contribution in [3.63, 3.8) is 0 Å². The molecule has 1 fully saturated rings. The number of benzene rings is 2. The summed E-state index contributed by atoms with van der Waals surface area (Å²) >= 11 is 0. The summed E-state index contributed by atoms with van der Waals surface area (Å²) in [7, 11) is 0. The molecule has 1 saturated heterocycles. The molecule has 1 aliphatic heterocycles. The van der Waals surface area contributed by atoms with E-state index in [1.165, 1.54) is 12.1 Å². The molecule has 0 radical (unpaired) electrons. The predicted molar refractivity (Wildman–Crippen MR) is 132 cm³/mol. The fraction of sp³-hybridized carbons (Fsp3) is 0.269. The molecule has 4 N–H and O–H groups in total. The maximum Gasteiger partial charge on any atom is 0.248 e. The number of carbonyl (C=O) groups excluding carboxylic acids is 1. The average Bonchev–Trinajstić information content (AvgIpc) is 2.89. The van der Waals surface area contributed by atoms with E-state index in [2.05, 4.69) is 10.3 Å². The van der Waals surface area contributed by atoms with Crippen molar-refractivity contribution in [2.24, 2.45) is 10.7 Å². The molecule has 3 rings (SSSR count). The lowest BCUT2D eigenvalue weighted by molar-refractivity contribution is -0.112. The van der Waals surface area contributed by atoms with Crippen LogP contribution in [0.15, 0.2) is 77.8 Å². The highest BCUT2D eigenvalue weighted by molar-refractivity contribution is 6.71. The van der Waals surface area contributed by atoms with Gasteiger partial charge in [0.2, 0.25) is 5.78 Å². The minimum absolute atomic E-state index is 0.00885. The fourth-order valence-corrected chi connectivity index (χ4v) is 3.55. The molecule has 2 aromatic rings. The van der Waals surface area contributed by atoms with Gasteiger partial charge in [0.1, 0.15) is 24.8 Å². The Labute approximate surface area is 202 Å². The van der Waals surface area contributed by atoms with Crippen LogP contribution in [0.4, 0.5) is 20.2 Å². The van der Waals surface area contributed by atoms with Gasteiger partial charge in [-0.15, -0.1) is 0 Å². The van der Waals surface area contributed by atoms with Gasteiger partial charge in [0.15, 0.2) is 5.76 Å². The van der Waals surface area contributed by atoms with Crippen molar-refractivity contribution in [3.8, 4) is 0 Å². The zero-order valence-electron chi connectivity index (χ0n) is 19.2. The molecule has 184 valence electrons. The number of hydrogen-bond donors (Lipinski definition) is 3. The maximum absolute atomic E-state index is 14.7. The molecule has 0 amide bonds. The van der Waals surface area contributed by atoms with E-state index in [9.17, 15) is 13.6 Å². The van der Waals surface area contributed by atoms with Crippen molar-refractivity contribution in [2.45, 2.75) is 18.8 Å². The van der Waals surface area contributed by atoms with E-state index < -0.39 is 30.6 Å². The van der Waals surface area contributed by atoms with Crippen LogP contribution in [-0.4, -0.2) is 43.7 Å². The molecule has 0 spiro atoms. The van der Waals surface area contributed by atoms with Gasteiger partial charge in [-0.1, -0.05) is 24.3 Å². The van der Waals surface area contributed by atoms with Crippen LogP contribution in [0.1, 0.15) is 24.3 Å². The van der Waals surface area contributed by atoms with E-state index >= 15 is 0 Å². The first kappa shape index (κ1) is 25.8. The number of nitrogens with one attached hydrogen (secondary N) is 2. The van der Waals surface area contributed by atoms with E-state index in [0.29, 0.717) is 18.9 Å². The van der Waals surface area contributed by atoms with E-state index in [1.54, 1.807) is 36.4 Å². The van der Waals surface area contributed by atoms with Crippen molar-refractivity contribution in [3.05, 3.63) is 84.1 Å². The third-order valence-electron chi connectivity index (χ3n) is 5.35. The fourth-order valence-electron chi connectivity index (χ4n) is 3.55. The zero-order valence-corrected chi connectivity index (χ0v) is 19.2. The SMILES string of the molecule is N=C(C(=O)/C(=C\Nc1ccc(C2CCOCC2)cc1F)OCCF)C(C=CN)=Nc1ccccc1. The van der Waals surface area contributed by atoms with Crippen LogP contribution in [0.25, 0.3) is 0 Å². The first-order chi connectivity index (χ1) is 17.0. The molecule has 1 aliphatic rings. The van der Waals surface area contributed by atoms with Crippen molar-refractivity contribution >= 4 is 28.6 Å². The van der Waals surface area contributed by atoms with Crippen molar-refractivity contribution < 1.29 is 23.0 Å². The lowest BCUT2D eigenvalue weighted by atomic mass is 9.91. The Hall–Kier alpha value is -3.85. The highest BCUT2D eigenvalue weighted by Gasteiger charge is 2.22. The number of hydrogen-bond acceptors (Lipinski definition) is 7. The summed E-state index contributed by atoms with van der Waals surface area (Å²) in [5.41, 5.74) is 6.45. The number of ether oxygens (including phenoxy) is 2. The van der Waals surface area contributed by atoms with Crippen LogP contribution in [-0.2, 0) is 14.3 Å². The minimum atomic E-state index is -0.863. The first-order valence-corrected chi connectivity index (χ1v) is 11.2. The second-order valence-corrected chi connectivity index (χ2v) is 7.71. The summed E-state index contributed by atoms with van der Waals surface area (Å²) < 4.78 is 38.1. The molecule has 2 aromatic carbocycles. The van der Waals surface area contributed by atoms with Crippen molar-refractivity contribution in [1.82, 2.24) is 0 Å². The van der Waals surface area contributed by atoms with E-state index in [-0.39, 0.29) is 23.1 Å². The van der Waals surface area contributed by atoms with Crippen LogP contribution in [0, 0.1) is 11.2 Å². The summed E-state index contributed by atoms with van der Waals surface area (Å²) in [5.74, 6) is -1.49. The average molecular weight is 483 g/mol. The number of rotatable bonds is 11. The summed E-state index contributed by atoms with van der Waals surface area (Å²) in [5, 5.41) is 11.0. The van der Waals surface area contributed by atoms with E-state index in [1.807, 2.05) is 6.07 Å². The number of aliphatic imine (C=N–C) groups is 1. The molecule has 1 heterocycles. The van der Waals surface area contributed by atoms with Gasteiger partial charge in [-0.05, 0) is 60.9 Å². The Balaban J connectivity index is 1.80. The smallest absolute Gasteiger partial charge is 0.248 e. The number of carbonyl (C=O) groups is 1. The number of Topliss-reactive ketones (excluding diaryl/α,β-unsaturated/α-hetero) is 1. The van der Waals surface area contributed by atoms with Gasteiger partial charge < -0.3 is 20.5 Å². The second kappa shape index (κ2) is 13.1. The molecular weight excluding hydrogens is 454 g/mol. The van der Waals surface area contributed by atoms with Crippen LogP contribution in [0.3, 0.4) is 0 Å². The number of alkyl halides is 1. The summed E-state index contributed by atoms with van der Waals surface area (Å²) in [6.45, 7) is 0.0376. The third-order valence-corrected chi connectivity index (χ3v) is 5.35. The van der Waals surface area contributed by atoms with Crippen molar-refractivity contribution in [1.29, 1.82) is 5.41 Å². The molecule has 0 aliphatic carbocycles. The molecule has 0 aromatic heterocycles. The number of nitrogens with zero attached hydrogens (tertiary/aromatic N) is 1. The Morgan fingerprint density at radius 3 is 2.63 bits per heavy atom. The highest BCUT2D eigenvalue weighted by atomic mass is 19.1. The van der Waals surface area contributed by atoms with Gasteiger partial charge in [-0.2, -0.15) is 0 Å². The number of halogens is 2. The lowest BCUT2D eigenvalue weighted by Crippen LogP contribution is -2.25. The number of nitrogens with two attached hydrogens (primary N) is 1. The Bertz CT molecular complexity index is 1110. The van der Waals surface area contributed by atoms with Crippen LogP contribution in [0.5, 0.6) is 0 Å². The summed E-state index contributed by atoms with van der Waals surface area (Å²) in [6, 6.07) is 13.6. The summed E-state index contributed by atoms with van der Waals surface area (Å²) in [4.78, 5) is 17.3.